The molecule has 0 radical (unpaired) electrons. The van der Waals surface area contributed by atoms with Crippen LogP contribution in [-0.2, 0) is 6.42 Å². The number of hydrogen-bond acceptors (Lipinski definition) is 2. The molecule has 0 bridgehead atoms. The van der Waals surface area contributed by atoms with Crippen LogP contribution in [0.25, 0.3) is 33.8 Å². The Kier molecular flexibility index (Phi) is 7.05. The standard InChI is InChI=1S/C38H28N2O/c1-3-4-5-20-37-27(2)21-22-35-34-18-8-9-19-36(34)40(38(35)41-37)32-16-11-15-31(25-32)33-17-7-6-14-30(33)24-28-12-10-13-29(23-28)26-39/h3-23,25H,1-2,24H2/b5-4-,37-20-. The highest BCUT2D eigenvalue weighted by molar-refractivity contribution is 5.95. The number of nitriles is 1. The number of aromatic nitrogens is 1. The molecule has 41 heavy (non-hydrogen) atoms. The van der Waals surface area contributed by atoms with Crippen molar-refractivity contribution < 1.29 is 4.74 Å². The normalized spacial score (nSPS) is 13.6. The molecule has 1 aliphatic heterocycles. The summed E-state index contributed by atoms with van der Waals surface area (Å²) in [6.07, 6.45) is 12.3. The van der Waals surface area contributed by atoms with Gasteiger partial charge in [0, 0.05) is 22.2 Å². The predicted octanol–water partition coefficient (Wildman–Crippen LogP) is 9.35. The Balaban J connectivity index is 1.48. The fourth-order valence-electron chi connectivity index (χ4n) is 5.30. The van der Waals surface area contributed by atoms with Crippen LogP contribution >= 0.6 is 0 Å². The van der Waals surface area contributed by atoms with Crippen LogP contribution in [0.1, 0.15) is 22.3 Å². The van der Waals surface area contributed by atoms with Crippen molar-refractivity contribution in [2.75, 3.05) is 0 Å². The van der Waals surface area contributed by atoms with Gasteiger partial charge in [0.1, 0.15) is 5.76 Å². The van der Waals surface area contributed by atoms with E-state index in [2.05, 4.69) is 109 Å². The minimum atomic E-state index is 0.673. The third-order valence-corrected chi connectivity index (χ3v) is 7.22. The quantitative estimate of drug-likeness (QED) is 0.206. The first-order valence-electron chi connectivity index (χ1n) is 13.5. The fraction of sp³-hybridized carbons (Fsp3) is 0.0263. The van der Waals surface area contributed by atoms with E-state index in [0.29, 0.717) is 11.3 Å². The number of rotatable bonds is 6. The molecule has 1 aromatic heterocycles. The summed E-state index contributed by atoms with van der Waals surface area (Å²) in [5.41, 5.74) is 9.13. The van der Waals surface area contributed by atoms with Gasteiger partial charge in [0.2, 0.25) is 5.88 Å². The third-order valence-electron chi connectivity index (χ3n) is 7.22. The van der Waals surface area contributed by atoms with Crippen molar-refractivity contribution in [2.24, 2.45) is 0 Å². The Hall–Kier alpha value is -5.59. The second kappa shape index (κ2) is 11.3. The Bertz CT molecular complexity index is 1940. The number of benzene rings is 4. The van der Waals surface area contributed by atoms with Gasteiger partial charge in [0.05, 0.1) is 17.1 Å². The molecule has 196 valence electrons. The molecule has 2 heterocycles. The van der Waals surface area contributed by atoms with E-state index in [1.54, 1.807) is 6.08 Å². The summed E-state index contributed by atoms with van der Waals surface area (Å²) in [4.78, 5) is 0. The summed E-state index contributed by atoms with van der Waals surface area (Å²) in [7, 11) is 0. The number of hydrogen-bond donors (Lipinski definition) is 0. The number of nitrogens with zero attached hydrogens (tertiary/aromatic N) is 2. The first-order chi connectivity index (χ1) is 20.2. The molecule has 0 aliphatic carbocycles. The Labute approximate surface area is 240 Å². The molecule has 0 saturated carbocycles. The number of allylic oxidation sites excluding steroid dienone is 5. The molecule has 5 aromatic rings. The van der Waals surface area contributed by atoms with Crippen LogP contribution in [-0.4, -0.2) is 4.57 Å². The van der Waals surface area contributed by atoms with E-state index in [-0.39, 0.29) is 0 Å². The molecule has 3 heteroatoms. The highest BCUT2D eigenvalue weighted by Gasteiger charge is 2.22. The largest absolute Gasteiger partial charge is 0.439 e. The lowest BCUT2D eigenvalue weighted by molar-refractivity contribution is 0.416. The minimum Gasteiger partial charge on any atom is -0.439 e. The van der Waals surface area contributed by atoms with E-state index in [1.165, 1.54) is 5.56 Å². The van der Waals surface area contributed by atoms with Crippen LogP contribution in [0.3, 0.4) is 0 Å². The zero-order chi connectivity index (χ0) is 28.2. The lowest BCUT2D eigenvalue weighted by atomic mass is 9.94. The van der Waals surface area contributed by atoms with Crippen molar-refractivity contribution >= 4 is 17.0 Å². The van der Waals surface area contributed by atoms with Crippen molar-refractivity contribution in [3.05, 3.63) is 174 Å². The second-order valence-corrected chi connectivity index (χ2v) is 9.88. The van der Waals surface area contributed by atoms with Gasteiger partial charge in [-0.15, -0.1) is 0 Å². The highest BCUT2D eigenvalue weighted by atomic mass is 16.5. The molecule has 6 rings (SSSR count). The minimum absolute atomic E-state index is 0.673. The SMILES string of the molecule is C=C/C=C\C=C1/Oc2c(c3ccccc3n2-c2cccc(-c3ccccc3Cc3cccc(C#N)c3)c2)C=CC1=C. The average Bonchev–Trinajstić information content (AvgIpc) is 3.23. The molecular formula is C38H28N2O. The molecule has 0 unspecified atom stereocenters. The van der Waals surface area contributed by atoms with Gasteiger partial charge in [0.25, 0.3) is 0 Å². The Morgan fingerprint density at radius 2 is 1.68 bits per heavy atom. The molecule has 0 fully saturated rings. The van der Waals surface area contributed by atoms with E-state index in [1.807, 2.05) is 42.5 Å². The van der Waals surface area contributed by atoms with E-state index in [0.717, 1.165) is 56.7 Å². The number of fused-ring (bicyclic) bond motifs is 3. The maximum Gasteiger partial charge on any atom is 0.213 e. The molecule has 0 atom stereocenters. The van der Waals surface area contributed by atoms with Gasteiger partial charge in [-0.1, -0.05) is 104 Å². The van der Waals surface area contributed by atoms with Crippen molar-refractivity contribution in [2.45, 2.75) is 6.42 Å². The summed E-state index contributed by atoms with van der Waals surface area (Å²) in [6.45, 7) is 7.98. The van der Waals surface area contributed by atoms with Crippen molar-refractivity contribution in [1.82, 2.24) is 4.57 Å². The van der Waals surface area contributed by atoms with Gasteiger partial charge in [-0.2, -0.15) is 5.26 Å². The van der Waals surface area contributed by atoms with Crippen LogP contribution in [0.5, 0.6) is 5.88 Å². The second-order valence-electron chi connectivity index (χ2n) is 9.88. The monoisotopic (exact) mass is 528 g/mol. The maximum absolute atomic E-state index is 9.36. The average molecular weight is 529 g/mol. The maximum atomic E-state index is 9.36. The van der Waals surface area contributed by atoms with Gasteiger partial charge >= 0.3 is 0 Å². The molecule has 0 N–H and O–H groups in total. The molecule has 4 aromatic carbocycles. The van der Waals surface area contributed by atoms with Gasteiger partial charge in [-0.3, -0.25) is 4.57 Å². The first kappa shape index (κ1) is 25.7. The smallest absolute Gasteiger partial charge is 0.213 e. The van der Waals surface area contributed by atoms with Crippen LogP contribution in [0.2, 0.25) is 0 Å². The molecule has 1 aliphatic rings. The van der Waals surface area contributed by atoms with Crippen LogP contribution < -0.4 is 4.74 Å². The first-order valence-corrected chi connectivity index (χ1v) is 13.5. The Morgan fingerprint density at radius 1 is 0.854 bits per heavy atom. The number of para-hydroxylation sites is 1. The lowest BCUT2D eigenvalue weighted by Crippen LogP contribution is -2.03. The molecule has 0 saturated heterocycles. The van der Waals surface area contributed by atoms with Crippen molar-refractivity contribution in [3.8, 4) is 28.8 Å². The zero-order valence-corrected chi connectivity index (χ0v) is 22.6. The van der Waals surface area contributed by atoms with E-state index in [4.69, 9.17) is 4.74 Å². The van der Waals surface area contributed by atoms with E-state index < -0.39 is 0 Å². The highest BCUT2D eigenvalue weighted by Crippen LogP contribution is 2.40. The lowest BCUT2D eigenvalue weighted by Gasteiger charge is -2.16. The summed E-state index contributed by atoms with van der Waals surface area (Å²) in [5, 5.41) is 10.5. The summed E-state index contributed by atoms with van der Waals surface area (Å²) in [5.74, 6) is 1.43. The van der Waals surface area contributed by atoms with Crippen LogP contribution in [0, 0.1) is 11.3 Å². The fourth-order valence-corrected chi connectivity index (χ4v) is 5.30. The molecule has 3 nitrogen and oxygen atoms in total. The van der Waals surface area contributed by atoms with Crippen molar-refractivity contribution in [3.63, 3.8) is 0 Å². The third kappa shape index (κ3) is 5.07. The Morgan fingerprint density at radius 3 is 2.56 bits per heavy atom. The molecule has 0 amide bonds. The summed E-state index contributed by atoms with van der Waals surface area (Å²) >= 11 is 0. The molecule has 0 spiro atoms. The van der Waals surface area contributed by atoms with Gasteiger partial charge in [-0.25, -0.2) is 0 Å². The molecular weight excluding hydrogens is 500 g/mol. The summed E-state index contributed by atoms with van der Waals surface area (Å²) < 4.78 is 8.79. The van der Waals surface area contributed by atoms with Gasteiger partial charge < -0.3 is 4.74 Å². The number of ether oxygens (including phenoxy) is 1. The zero-order valence-electron chi connectivity index (χ0n) is 22.6. The van der Waals surface area contributed by atoms with E-state index >= 15 is 0 Å². The van der Waals surface area contributed by atoms with Crippen molar-refractivity contribution in [1.29, 1.82) is 5.26 Å². The predicted molar refractivity (Wildman–Crippen MR) is 169 cm³/mol. The van der Waals surface area contributed by atoms with Gasteiger partial charge in [0.15, 0.2) is 0 Å². The topological polar surface area (TPSA) is 38.0 Å². The summed E-state index contributed by atoms with van der Waals surface area (Å²) in [6, 6.07) is 35.4. The van der Waals surface area contributed by atoms with E-state index in [9.17, 15) is 5.26 Å². The van der Waals surface area contributed by atoms with Gasteiger partial charge in [-0.05, 0) is 71.2 Å². The van der Waals surface area contributed by atoms with Crippen LogP contribution in [0.4, 0.5) is 0 Å². The van der Waals surface area contributed by atoms with Crippen LogP contribution in [0.15, 0.2) is 152 Å².